The lowest BCUT2D eigenvalue weighted by atomic mass is 10.1. The molecule has 1 aromatic rings. The van der Waals surface area contributed by atoms with Crippen LogP contribution in [0.5, 0.6) is 0 Å². The first-order valence-electron chi connectivity index (χ1n) is 3.72. The van der Waals surface area contributed by atoms with Gasteiger partial charge in [0, 0.05) is 10.6 Å². The van der Waals surface area contributed by atoms with Crippen LogP contribution in [0.1, 0.15) is 20.7 Å². The number of hydrogen-bond donors (Lipinski definition) is 2. The first kappa shape index (κ1) is 10.6. The van der Waals surface area contributed by atoms with Gasteiger partial charge in [-0.1, -0.05) is 11.2 Å². The van der Waals surface area contributed by atoms with Crippen molar-refractivity contribution in [3.63, 3.8) is 0 Å². The van der Waals surface area contributed by atoms with E-state index in [1.54, 1.807) is 0 Å². The Morgan fingerprint density at radius 1 is 1.53 bits per heavy atom. The maximum absolute atomic E-state index is 10.7. The molecule has 0 aliphatic heterocycles. The fourth-order valence-corrected chi connectivity index (χ4v) is 1.01. The highest BCUT2D eigenvalue weighted by Crippen LogP contribution is 2.18. The quantitative estimate of drug-likeness (QED) is 0.448. The number of carboxylic acids is 2. The van der Waals surface area contributed by atoms with Crippen LogP contribution in [0.2, 0.25) is 0 Å². The minimum atomic E-state index is -1.39. The van der Waals surface area contributed by atoms with E-state index in [1.165, 1.54) is 6.07 Å². The van der Waals surface area contributed by atoms with Crippen molar-refractivity contribution in [1.82, 2.24) is 0 Å². The van der Waals surface area contributed by atoms with Gasteiger partial charge in [0.2, 0.25) is 0 Å². The van der Waals surface area contributed by atoms with Gasteiger partial charge in [-0.3, -0.25) is 0 Å². The Morgan fingerprint density at radius 2 is 2.20 bits per heavy atom. The second-order valence-electron chi connectivity index (χ2n) is 2.53. The highest BCUT2D eigenvalue weighted by molar-refractivity contribution is 6.02. The first-order valence-corrected chi connectivity index (χ1v) is 3.72. The van der Waals surface area contributed by atoms with E-state index in [0.717, 1.165) is 12.1 Å². The third-order valence-corrected chi connectivity index (χ3v) is 1.62. The van der Waals surface area contributed by atoms with E-state index in [1.807, 2.05) is 0 Å². The largest absolute Gasteiger partial charge is 0.478 e. The maximum atomic E-state index is 10.7. The van der Waals surface area contributed by atoms with Gasteiger partial charge in [-0.15, -0.1) is 0 Å². The Labute approximate surface area is 83.2 Å². The van der Waals surface area contributed by atoms with Gasteiger partial charge in [-0.05, 0) is 17.7 Å². The number of rotatable bonds is 3. The van der Waals surface area contributed by atoms with Crippen LogP contribution in [0.25, 0.3) is 10.4 Å². The van der Waals surface area contributed by atoms with Gasteiger partial charge in [0.05, 0.1) is 11.1 Å². The Morgan fingerprint density at radius 3 is 2.67 bits per heavy atom. The minimum Gasteiger partial charge on any atom is -0.478 e. The Balaban J connectivity index is 3.39. The van der Waals surface area contributed by atoms with Crippen molar-refractivity contribution >= 4 is 17.6 Å². The highest BCUT2D eigenvalue weighted by atomic mass is 16.6. The van der Waals surface area contributed by atoms with E-state index in [4.69, 9.17) is 15.7 Å². The van der Waals surface area contributed by atoms with E-state index in [0.29, 0.717) is 0 Å². The van der Waals surface area contributed by atoms with E-state index in [-0.39, 0.29) is 11.3 Å². The molecular weight excluding hydrogens is 204 g/mol. The third-order valence-electron chi connectivity index (χ3n) is 1.62. The molecule has 7 nitrogen and oxygen atoms in total. The van der Waals surface area contributed by atoms with Gasteiger partial charge in [0.25, 0.3) is 0 Å². The number of nitrogens with zero attached hydrogens (tertiary/aromatic N) is 3. The van der Waals surface area contributed by atoms with Crippen molar-refractivity contribution < 1.29 is 19.8 Å². The molecule has 0 aromatic heterocycles. The molecule has 15 heavy (non-hydrogen) atoms. The molecule has 0 spiro atoms. The lowest BCUT2D eigenvalue weighted by Gasteiger charge is -2.01. The molecule has 0 radical (unpaired) electrons. The van der Waals surface area contributed by atoms with Crippen LogP contribution in [0, 0.1) is 0 Å². The topological polar surface area (TPSA) is 123 Å². The Kier molecular flexibility index (Phi) is 2.90. The average Bonchev–Trinajstić information content (AvgIpc) is 2.17. The van der Waals surface area contributed by atoms with Crippen LogP contribution < -0.4 is 0 Å². The average molecular weight is 209 g/mol. The van der Waals surface area contributed by atoms with E-state index < -0.39 is 17.5 Å². The number of azide groups is 1. The second kappa shape index (κ2) is 4.12. The Hall–Kier alpha value is -2.53. The summed E-state index contributed by atoms with van der Waals surface area (Å²) in [5.74, 6) is -2.73. The predicted molar refractivity (Wildman–Crippen MR) is 49.2 cm³/mol. The molecule has 0 fully saturated rings. The summed E-state index contributed by atoms with van der Waals surface area (Å²) >= 11 is 0. The fraction of sp³-hybridized carbons (Fsp3) is 0. The summed E-state index contributed by atoms with van der Waals surface area (Å²) in [6.45, 7) is 0. The SMILES string of the molecule is [N-]=[N+]=Nc1ccc(C(=O)O)c([14C](=O)O)c1. The highest BCUT2D eigenvalue weighted by Gasteiger charge is 2.15. The third kappa shape index (κ3) is 2.23. The van der Waals surface area contributed by atoms with Crippen LogP contribution in [0.4, 0.5) is 5.69 Å². The van der Waals surface area contributed by atoms with Gasteiger partial charge in [0.1, 0.15) is 0 Å². The van der Waals surface area contributed by atoms with Gasteiger partial charge >= 0.3 is 11.9 Å². The van der Waals surface area contributed by atoms with E-state index in [9.17, 15) is 9.59 Å². The summed E-state index contributed by atoms with van der Waals surface area (Å²) < 4.78 is 0. The molecule has 0 aliphatic carbocycles. The predicted octanol–water partition coefficient (Wildman–Crippen LogP) is 2.02. The zero-order chi connectivity index (χ0) is 11.4. The fourth-order valence-electron chi connectivity index (χ4n) is 1.01. The summed E-state index contributed by atoms with van der Waals surface area (Å²) in [6.07, 6.45) is 0. The second-order valence-corrected chi connectivity index (χ2v) is 2.53. The molecule has 1 rings (SSSR count). The smallest absolute Gasteiger partial charge is 0.336 e. The molecule has 0 saturated carbocycles. The monoisotopic (exact) mass is 209 g/mol. The lowest BCUT2D eigenvalue weighted by Crippen LogP contribution is -2.07. The number of carbonyl (C=O) groups is 2. The Bertz CT molecular complexity index is 477. The number of hydrogen-bond acceptors (Lipinski definition) is 3. The maximum Gasteiger partial charge on any atom is 0.336 e. The summed E-state index contributed by atoms with van der Waals surface area (Å²) in [5.41, 5.74) is 7.42. The van der Waals surface area contributed by atoms with Crippen LogP contribution in [0.15, 0.2) is 23.3 Å². The van der Waals surface area contributed by atoms with Gasteiger partial charge < -0.3 is 10.2 Å². The number of aromatic carboxylic acids is 2. The summed E-state index contributed by atoms with van der Waals surface area (Å²) in [4.78, 5) is 23.8. The van der Waals surface area contributed by atoms with E-state index in [2.05, 4.69) is 10.0 Å². The number of carboxylic acid groups (broad SMARTS) is 2. The van der Waals surface area contributed by atoms with Crippen molar-refractivity contribution in [2.24, 2.45) is 5.11 Å². The van der Waals surface area contributed by atoms with Gasteiger partial charge in [-0.2, -0.15) is 0 Å². The molecule has 2 N–H and O–H groups in total. The molecule has 76 valence electrons. The molecule has 0 aliphatic rings. The normalized spacial score (nSPS) is 9.07. The molecular formula is C8H5N3O4. The van der Waals surface area contributed by atoms with Crippen LogP contribution in [-0.4, -0.2) is 22.2 Å². The van der Waals surface area contributed by atoms with Crippen molar-refractivity contribution in [2.75, 3.05) is 0 Å². The minimum absolute atomic E-state index is 0.0555. The number of benzene rings is 1. The lowest BCUT2D eigenvalue weighted by molar-refractivity contribution is 0.0651. The standard InChI is InChI=1S/C8H5N3O4/c9-11-10-4-1-2-5(7(12)13)6(3-4)8(14)15/h1-3H,(H,12,13)(H,14,15)/i8+2. The van der Waals surface area contributed by atoms with Crippen molar-refractivity contribution in [2.45, 2.75) is 0 Å². The molecule has 0 heterocycles. The first-order chi connectivity index (χ1) is 7.06. The van der Waals surface area contributed by atoms with Crippen LogP contribution >= 0.6 is 0 Å². The van der Waals surface area contributed by atoms with Gasteiger partial charge in [0.15, 0.2) is 0 Å². The molecule has 0 amide bonds. The van der Waals surface area contributed by atoms with Crippen molar-refractivity contribution in [3.8, 4) is 0 Å². The molecule has 0 saturated heterocycles. The molecule has 0 bridgehead atoms. The molecule has 0 atom stereocenters. The summed E-state index contributed by atoms with van der Waals surface area (Å²) in [5, 5.41) is 20.6. The zero-order valence-electron chi connectivity index (χ0n) is 7.28. The van der Waals surface area contributed by atoms with Crippen molar-refractivity contribution in [3.05, 3.63) is 39.8 Å². The zero-order valence-corrected chi connectivity index (χ0v) is 7.28. The summed E-state index contributed by atoms with van der Waals surface area (Å²) in [6, 6.07) is 3.32. The molecule has 1 aromatic carbocycles. The van der Waals surface area contributed by atoms with E-state index >= 15 is 0 Å². The molecule has 7 heteroatoms. The molecule has 0 unspecified atom stereocenters. The summed E-state index contributed by atoms with van der Waals surface area (Å²) in [7, 11) is 0. The van der Waals surface area contributed by atoms with Crippen LogP contribution in [0.3, 0.4) is 0 Å². The van der Waals surface area contributed by atoms with Crippen LogP contribution in [-0.2, 0) is 0 Å². The van der Waals surface area contributed by atoms with Crippen molar-refractivity contribution in [1.29, 1.82) is 0 Å². The van der Waals surface area contributed by atoms with Gasteiger partial charge in [-0.25, -0.2) is 9.59 Å².